The Hall–Kier alpha value is -0.770. The summed E-state index contributed by atoms with van der Waals surface area (Å²) in [7, 11) is 0. The van der Waals surface area contributed by atoms with E-state index in [1.165, 1.54) is 19.3 Å². The predicted molar refractivity (Wildman–Crippen MR) is 96.7 cm³/mol. The van der Waals surface area contributed by atoms with E-state index in [0.717, 1.165) is 38.3 Å². The van der Waals surface area contributed by atoms with Crippen LogP contribution in [0.25, 0.3) is 0 Å². The molecule has 1 aliphatic heterocycles. The van der Waals surface area contributed by atoms with E-state index in [9.17, 15) is 4.79 Å². The maximum Gasteiger partial charge on any atom is 0.410 e. The lowest BCUT2D eigenvalue weighted by Crippen LogP contribution is -2.39. The van der Waals surface area contributed by atoms with Gasteiger partial charge in [0.15, 0.2) is 0 Å². The third-order valence-corrected chi connectivity index (χ3v) is 4.32. The molecule has 23 heavy (non-hydrogen) atoms. The van der Waals surface area contributed by atoms with Gasteiger partial charge in [0.05, 0.1) is 0 Å². The second-order valence-corrected chi connectivity index (χ2v) is 8.49. The summed E-state index contributed by atoms with van der Waals surface area (Å²) in [4.78, 5) is 14.1. The molecule has 0 spiro atoms. The maximum atomic E-state index is 12.2. The molecule has 0 bridgehead atoms. The van der Waals surface area contributed by atoms with Gasteiger partial charge in [0.2, 0.25) is 0 Å². The normalized spacial score (nSPS) is 21.2. The van der Waals surface area contributed by atoms with Gasteiger partial charge in [-0.3, -0.25) is 0 Å². The van der Waals surface area contributed by atoms with Crippen LogP contribution in [0.3, 0.4) is 0 Å². The molecule has 0 aromatic rings. The van der Waals surface area contributed by atoms with Crippen molar-refractivity contribution in [2.24, 2.45) is 5.92 Å². The Labute approximate surface area is 143 Å². The molecule has 1 rings (SSSR count). The first-order valence-corrected chi connectivity index (χ1v) is 9.41. The topological polar surface area (TPSA) is 41.6 Å². The smallest absolute Gasteiger partial charge is 0.410 e. The molecule has 0 saturated carbocycles. The molecule has 1 fully saturated rings. The maximum absolute atomic E-state index is 12.2. The molecule has 1 saturated heterocycles. The second kappa shape index (κ2) is 9.51. The van der Waals surface area contributed by atoms with Crippen molar-refractivity contribution in [1.82, 2.24) is 10.2 Å². The quantitative estimate of drug-likeness (QED) is 0.777. The number of nitrogens with one attached hydrogen (secondary N) is 1. The summed E-state index contributed by atoms with van der Waals surface area (Å²) in [5.41, 5.74) is -0.411. The highest BCUT2D eigenvalue weighted by atomic mass is 16.6. The van der Waals surface area contributed by atoms with E-state index in [0.29, 0.717) is 12.1 Å². The van der Waals surface area contributed by atoms with Gasteiger partial charge in [-0.05, 0) is 59.3 Å². The molecule has 1 N–H and O–H groups in total. The van der Waals surface area contributed by atoms with Crippen LogP contribution in [-0.2, 0) is 4.74 Å². The van der Waals surface area contributed by atoms with Gasteiger partial charge in [-0.15, -0.1) is 0 Å². The Kier molecular flexibility index (Phi) is 8.38. The molecule has 4 heteroatoms. The van der Waals surface area contributed by atoms with Gasteiger partial charge in [0, 0.05) is 25.2 Å². The zero-order valence-electron chi connectivity index (χ0n) is 16.2. The molecule has 1 amide bonds. The van der Waals surface area contributed by atoms with Crippen molar-refractivity contribution >= 4 is 6.09 Å². The van der Waals surface area contributed by atoms with E-state index in [-0.39, 0.29) is 6.09 Å². The van der Waals surface area contributed by atoms with E-state index in [1.807, 2.05) is 25.7 Å². The van der Waals surface area contributed by atoms with Crippen LogP contribution in [0.15, 0.2) is 0 Å². The van der Waals surface area contributed by atoms with Gasteiger partial charge in [0.1, 0.15) is 5.60 Å². The van der Waals surface area contributed by atoms with Crippen molar-refractivity contribution < 1.29 is 9.53 Å². The Morgan fingerprint density at radius 1 is 1.17 bits per heavy atom. The molecule has 2 atom stereocenters. The standard InChI is InChI=1S/C19H38N2O2/c1-15(2)9-7-10-16(3)20-17-11-8-13-21(14-12-17)18(22)23-19(4,5)6/h15-17,20H,7-14H2,1-6H3. The largest absolute Gasteiger partial charge is 0.444 e. The minimum Gasteiger partial charge on any atom is -0.444 e. The molecular weight excluding hydrogens is 288 g/mol. The Balaban J connectivity index is 2.33. The summed E-state index contributed by atoms with van der Waals surface area (Å²) in [5, 5.41) is 3.76. The Morgan fingerprint density at radius 2 is 1.87 bits per heavy atom. The van der Waals surface area contributed by atoms with Crippen LogP contribution in [-0.4, -0.2) is 41.8 Å². The highest BCUT2D eigenvalue weighted by Crippen LogP contribution is 2.17. The van der Waals surface area contributed by atoms with Crippen molar-refractivity contribution in [3.63, 3.8) is 0 Å². The fraction of sp³-hybridized carbons (Fsp3) is 0.947. The molecular formula is C19H38N2O2. The van der Waals surface area contributed by atoms with Crippen LogP contribution >= 0.6 is 0 Å². The number of hydrogen-bond acceptors (Lipinski definition) is 3. The molecule has 0 aromatic carbocycles. The molecule has 1 aliphatic rings. The number of carbonyl (C=O) groups excluding carboxylic acids is 1. The number of hydrogen-bond donors (Lipinski definition) is 1. The molecule has 0 aliphatic carbocycles. The predicted octanol–water partition coefficient (Wildman–Crippen LogP) is 4.58. The molecule has 2 unspecified atom stereocenters. The van der Waals surface area contributed by atoms with E-state index in [4.69, 9.17) is 4.74 Å². The number of ether oxygens (including phenoxy) is 1. The van der Waals surface area contributed by atoms with Crippen LogP contribution in [0.5, 0.6) is 0 Å². The van der Waals surface area contributed by atoms with Gasteiger partial charge in [-0.1, -0.05) is 26.7 Å². The van der Waals surface area contributed by atoms with Crippen LogP contribution in [0.4, 0.5) is 4.79 Å². The first-order valence-electron chi connectivity index (χ1n) is 9.41. The second-order valence-electron chi connectivity index (χ2n) is 8.49. The van der Waals surface area contributed by atoms with Gasteiger partial charge in [-0.25, -0.2) is 4.79 Å². The third-order valence-electron chi connectivity index (χ3n) is 4.32. The lowest BCUT2D eigenvalue weighted by atomic mass is 10.0. The average Bonchev–Trinajstić information content (AvgIpc) is 2.62. The van der Waals surface area contributed by atoms with Crippen LogP contribution in [0, 0.1) is 5.92 Å². The summed E-state index contributed by atoms with van der Waals surface area (Å²) in [6, 6.07) is 1.09. The molecule has 0 aromatic heterocycles. The van der Waals surface area contributed by atoms with Gasteiger partial charge < -0.3 is 15.0 Å². The van der Waals surface area contributed by atoms with E-state index < -0.39 is 5.60 Å². The fourth-order valence-electron chi connectivity index (χ4n) is 3.09. The van der Waals surface area contributed by atoms with E-state index in [2.05, 4.69) is 26.1 Å². The first kappa shape index (κ1) is 20.3. The molecule has 1 heterocycles. The number of nitrogens with zero attached hydrogens (tertiary/aromatic N) is 1. The van der Waals surface area contributed by atoms with Crippen LogP contribution < -0.4 is 5.32 Å². The molecule has 4 nitrogen and oxygen atoms in total. The lowest BCUT2D eigenvalue weighted by Gasteiger charge is -2.26. The third kappa shape index (κ3) is 9.19. The van der Waals surface area contributed by atoms with E-state index in [1.54, 1.807) is 0 Å². The average molecular weight is 327 g/mol. The number of carbonyl (C=O) groups is 1. The zero-order chi connectivity index (χ0) is 17.5. The van der Waals surface area contributed by atoms with Crippen LogP contribution in [0.1, 0.15) is 80.1 Å². The number of amides is 1. The van der Waals surface area contributed by atoms with Crippen molar-refractivity contribution in [3.05, 3.63) is 0 Å². The monoisotopic (exact) mass is 326 g/mol. The summed E-state index contributed by atoms with van der Waals surface area (Å²) in [6.07, 6.45) is 6.90. The minimum absolute atomic E-state index is 0.164. The van der Waals surface area contributed by atoms with Gasteiger partial charge in [0.25, 0.3) is 0 Å². The van der Waals surface area contributed by atoms with Crippen molar-refractivity contribution in [3.8, 4) is 0 Å². The molecule has 0 radical (unpaired) electrons. The Morgan fingerprint density at radius 3 is 2.48 bits per heavy atom. The summed E-state index contributed by atoms with van der Waals surface area (Å²) in [6.45, 7) is 14.2. The highest BCUT2D eigenvalue weighted by molar-refractivity contribution is 5.68. The van der Waals surface area contributed by atoms with Crippen molar-refractivity contribution in [2.45, 2.75) is 97.8 Å². The fourth-order valence-corrected chi connectivity index (χ4v) is 3.09. The minimum atomic E-state index is -0.411. The summed E-state index contributed by atoms with van der Waals surface area (Å²) in [5.74, 6) is 0.794. The molecule has 136 valence electrons. The number of likely N-dealkylation sites (tertiary alicyclic amines) is 1. The lowest BCUT2D eigenvalue weighted by molar-refractivity contribution is 0.0256. The summed E-state index contributed by atoms with van der Waals surface area (Å²) >= 11 is 0. The summed E-state index contributed by atoms with van der Waals surface area (Å²) < 4.78 is 5.49. The van der Waals surface area contributed by atoms with Gasteiger partial charge in [-0.2, -0.15) is 0 Å². The van der Waals surface area contributed by atoms with Crippen molar-refractivity contribution in [1.29, 1.82) is 0 Å². The van der Waals surface area contributed by atoms with Gasteiger partial charge >= 0.3 is 6.09 Å². The first-order chi connectivity index (χ1) is 10.7. The Bertz CT molecular complexity index is 350. The highest BCUT2D eigenvalue weighted by Gasteiger charge is 2.25. The SMILES string of the molecule is CC(C)CCCC(C)NC1CCCN(C(=O)OC(C)(C)C)CC1. The number of rotatable bonds is 6. The van der Waals surface area contributed by atoms with Crippen LogP contribution in [0.2, 0.25) is 0 Å². The van der Waals surface area contributed by atoms with Crippen molar-refractivity contribution in [2.75, 3.05) is 13.1 Å². The van der Waals surface area contributed by atoms with E-state index >= 15 is 0 Å². The zero-order valence-corrected chi connectivity index (χ0v) is 16.2.